The Kier molecular flexibility index (Phi) is 6.75. The summed E-state index contributed by atoms with van der Waals surface area (Å²) >= 11 is 0. The number of carbonyl (C=O) groups excluding carboxylic acids is 2. The molecule has 2 aliphatic rings. The number of aryl methyl sites for hydroxylation is 2. The minimum absolute atomic E-state index is 0.131. The van der Waals surface area contributed by atoms with Crippen molar-refractivity contribution in [1.82, 2.24) is 14.7 Å². The highest BCUT2D eigenvalue weighted by molar-refractivity contribution is 6.35. The van der Waals surface area contributed by atoms with Gasteiger partial charge in [0.25, 0.3) is 11.8 Å². The van der Waals surface area contributed by atoms with Crippen LogP contribution in [0.1, 0.15) is 42.0 Å². The van der Waals surface area contributed by atoms with Crippen molar-refractivity contribution in [3.05, 3.63) is 76.5 Å². The quantitative estimate of drug-likeness (QED) is 0.622. The van der Waals surface area contributed by atoms with E-state index in [0.717, 1.165) is 56.7 Å². The summed E-state index contributed by atoms with van der Waals surface area (Å²) in [6.45, 7) is 10.8. The van der Waals surface area contributed by atoms with Crippen LogP contribution >= 0.6 is 0 Å². The van der Waals surface area contributed by atoms with E-state index in [0.29, 0.717) is 17.8 Å². The molecule has 1 saturated heterocycles. The first-order valence-electron chi connectivity index (χ1n) is 11.7. The van der Waals surface area contributed by atoms with E-state index >= 15 is 0 Å². The van der Waals surface area contributed by atoms with Crippen LogP contribution in [0.15, 0.2) is 54.2 Å². The molecule has 0 atom stereocenters. The molecule has 2 amide bonds. The van der Waals surface area contributed by atoms with Gasteiger partial charge in [0.1, 0.15) is 5.70 Å². The van der Waals surface area contributed by atoms with Crippen molar-refractivity contribution in [3.63, 3.8) is 0 Å². The summed E-state index contributed by atoms with van der Waals surface area (Å²) in [7, 11) is 0. The molecular formula is C27H33N3O2. The summed E-state index contributed by atoms with van der Waals surface area (Å²) < 4.78 is 0. The smallest absolute Gasteiger partial charge is 0.277 e. The maximum Gasteiger partial charge on any atom is 0.277 e. The SMILES string of the molecule is CCCCN1C(=O)C(c2ccc(C)c(C)c2)=C(N2CCN(Cc3ccccc3)CC2)C1=O. The maximum absolute atomic E-state index is 13.4. The summed E-state index contributed by atoms with van der Waals surface area (Å²) in [5, 5.41) is 0. The number of rotatable bonds is 7. The normalized spacial score (nSPS) is 17.6. The van der Waals surface area contributed by atoms with Crippen LogP contribution in [0, 0.1) is 13.8 Å². The van der Waals surface area contributed by atoms with Gasteiger partial charge >= 0.3 is 0 Å². The average Bonchev–Trinajstić information content (AvgIpc) is 3.05. The van der Waals surface area contributed by atoms with E-state index in [2.05, 4.69) is 54.8 Å². The van der Waals surface area contributed by atoms with Crippen LogP contribution < -0.4 is 0 Å². The molecule has 2 aromatic rings. The molecule has 5 heteroatoms. The highest BCUT2D eigenvalue weighted by Crippen LogP contribution is 2.33. The summed E-state index contributed by atoms with van der Waals surface area (Å²) in [5.41, 5.74) is 5.64. The Balaban J connectivity index is 1.59. The van der Waals surface area contributed by atoms with E-state index in [1.54, 1.807) is 0 Å². The summed E-state index contributed by atoms with van der Waals surface area (Å²) in [6.07, 6.45) is 1.78. The minimum Gasteiger partial charge on any atom is -0.364 e. The van der Waals surface area contributed by atoms with Crippen LogP contribution in [-0.2, 0) is 16.1 Å². The number of hydrogen-bond acceptors (Lipinski definition) is 4. The van der Waals surface area contributed by atoms with Gasteiger partial charge in [-0.15, -0.1) is 0 Å². The zero-order valence-corrected chi connectivity index (χ0v) is 19.4. The van der Waals surface area contributed by atoms with Crippen molar-refractivity contribution in [3.8, 4) is 0 Å². The number of nitrogens with zero attached hydrogens (tertiary/aromatic N) is 3. The molecule has 0 N–H and O–H groups in total. The predicted molar refractivity (Wildman–Crippen MR) is 128 cm³/mol. The highest BCUT2D eigenvalue weighted by Gasteiger charge is 2.41. The lowest BCUT2D eigenvalue weighted by Crippen LogP contribution is -2.47. The number of unbranched alkanes of at least 4 members (excludes halogenated alkanes) is 1. The van der Waals surface area contributed by atoms with Crippen LogP contribution in [0.5, 0.6) is 0 Å². The number of benzene rings is 2. The number of carbonyl (C=O) groups is 2. The molecule has 0 saturated carbocycles. The summed E-state index contributed by atoms with van der Waals surface area (Å²) in [6, 6.07) is 16.5. The third-order valence-electron chi connectivity index (χ3n) is 6.61. The maximum atomic E-state index is 13.4. The molecule has 2 heterocycles. The molecule has 2 aromatic carbocycles. The third kappa shape index (κ3) is 4.49. The predicted octanol–water partition coefficient (Wildman–Crippen LogP) is 4.00. The average molecular weight is 432 g/mol. The summed E-state index contributed by atoms with van der Waals surface area (Å²) in [5.74, 6) is -0.276. The second-order valence-corrected chi connectivity index (χ2v) is 8.89. The van der Waals surface area contributed by atoms with Gasteiger partial charge in [0.2, 0.25) is 0 Å². The second kappa shape index (κ2) is 9.70. The fourth-order valence-corrected chi connectivity index (χ4v) is 4.50. The Labute approximate surface area is 191 Å². The first-order valence-corrected chi connectivity index (χ1v) is 11.7. The van der Waals surface area contributed by atoms with E-state index < -0.39 is 0 Å². The Morgan fingerprint density at radius 3 is 2.22 bits per heavy atom. The zero-order valence-electron chi connectivity index (χ0n) is 19.4. The van der Waals surface area contributed by atoms with Gasteiger partial charge in [-0.25, -0.2) is 0 Å². The van der Waals surface area contributed by atoms with Crippen molar-refractivity contribution in [1.29, 1.82) is 0 Å². The molecular weight excluding hydrogens is 398 g/mol. The molecule has 5 nitrogen and oxygen atoms in total. The fourth-order valence-electron chi connectivity index (χ4n) is 4.50. The second-order valence-electron chi connectivity index (χ2n) is 8.89. The molecule has 168 valence electrons. The monoisotopic (exact) mass is 431 g/mol. The Bertz CT molecular complexity index is 1020. The lowest BCUT2D eigenvalue weighted by molar-refractivity contribution is -0.137. The Morgan fingerprint density at radius 1 is 0.844 bits per heavy atom. The molecule has 0 radical (unpaired) electrons. The topological polar surface area (TPSA) is 43.9 Å². The van der Waals surface area contributed by atoms with E-state index in [1.165, 1.54) is 16.0 Å². The molecule has 0 spiro atoms. The lowest BCUT2D eigenvalue weighted by atomic mass is 9.99. The van der Waals surface area contributed by atoms with Gasteiger partial charge in [-0.3, -0.25) is 19.4 Å². The van der Waals surface area contributed by atoms with E-state index in [9.17, 15) is 9.59 Å². The first-order chi connectivity index (χ1) is 15.5. The number of imide groups is 1. The number of amides is 2. The molecule has 32 heavy (non-hydrogen) atoms. The third-order valence-corrected chi connectivity index (χ3v) is 6.61. The van der Waals surface area contributed by atoms with Crippen molar-refractivity contribution >= 4 is 17.4 Å². The highest BCUT2D eigenvalue weighted by atomic mass is 16.2. The van der Waals surface area contributed by atoms with Gasteiger partial charge in [-0.2, -0.15) is 0 Å². The van der Waals surface area contributed by atoms with Crippen LogP contribution in [-0.4, -0.2) is 59.2 Å². The number of piperazine rings is 1. The largest absolute Gasteiger partial charge is 0.364 e. The molecule has 2 aliphatic heterocycles. The molecule has 0 unspecified atom stereocenters. The molecule has 0 aromatic heterocycles. The summed E-state index contributed by atoms with van der Waals surface area (Å²) in [4.78, 5) is 32.8. The fraction of sp³-hybridized carbons (Fsp3) is 0.407. The van der Waals surface area contributed by atoms with Gasteiger partial charge < -0.3 is 4.90 Å². The van der Waals surface area contributed by atoms with Gasteiger partial charge in [0.15, 0.2) is 0 Å². The van der Waals surface area contributed by atoms with Crippen molar-refractivity contribution in [2.24, 2.45) is 0 Å². The number of hydrogen-bond donors (Lipinski definition) is 0. The van der Waals surface area contributed by atoms with E-state index in [1.807, 2.05) is 24.3 Å². The van der Waals surface area contributed by atoms with E-state index in [4.69, 9.17) is 0 Å². The standard InChI is InChI=1S/C27H33N3O2/c1-4-5-13-30-26(31)24(23-12-11-20(2)21(3)18-23)25(27(30)32)29-16-14-28(15-17-29)19-22-9-7-6-8-10-22/h6-12,18H,4-5,13-17,19H2,1-3H3. The molecule has 1 fully saturated rings. The van der Waals surface area contributed by atoms with Crippen LogP contribution in [0.3, 0.4) is 0 Å². The van der Waals surface area contributed by atoms with Gasteiger partial charge in [-0.05, 0) is 42.5 Å². The molecule has 4 rings (SSSR count). The lowest BCUT2D eigenvalue weighted by Gasteiger charge is -2.36. The zero-order chi connectivity index (χ0) is 22.7. The first kappa shape index (κ1) is 22.3. The van der Waals surface area contributed by atoms with Gasteiger partial charge in [0, 0.05) is 39.3 Å². The molecule has 0 bridgehead atoms. The van der Waals surface area contributed by atoms with Gasteiger partial charge in [0.05, 0.1) is 5.57 Å². The van der Waals surface area contributed by atoms with Crippen molar-refractivity contribution < 1.29 is 9.59 Å². The van der Waals surface area contributed by atoms with Crippen LogP contribution in [0.25, 0.3) is 5.57 Å². The molecule has 0 aliphatic carbocycles. The minimum atomic E-state index is -0.145. The van der Waals surface area contributed by atoms with Crippen LogP contribution in [0.2, 0.25) is 0 Å². The Morgan fingerprint density at radius 2 is 1.56 bits per heavy atom. The van der Waals surface area contributed by atoms with Crippen molar-refractivity contribution in [2.75, 3.05) is 32.7 Å². The van der Waals surface area contributed by atoms with Gasteiger partial charge in [-0.1, -0.05) is 61.9 Å². The Hall–Kier alpha value is -2.92. The van der Waals surface area contributed by atoms with Crippen LogP contribution in [0.4, 0.5) is 0 Å². The van der Waals surface area contributed by atoms with Crippen molar-refractivity contribution in [2.45, 2.75) is 40.2 Å². The van der Waals surface area contributed by atoms with E-state index in [-0.39, 0.29) is 11.8 Å².